The van der Waals surface area contributed by atoms with Gasteiger partial charge in [-0.1, -0.05) is 42.5 Å². The zero-order valence-electron chi connectivity index (χ0n) is 11.6. The summed E-state index contributed by atoms with van der Waals surface area (Å²) in [6.45, 7) is 0.234. The SMILES string of the molecule is O=C1c2cccc(OCc3ccccc3)c2C(=O)[C@H](O)[C@@H]1O. The minimum absolute atomic E-state index is 0.0289. The van der Waals surface area contributed by atoms with Crippen LogP contribution in [0.1, 0.15) is 26.3 Å². The molecule has 2 N–H and O–H groups in total. The van der Waals surface area contributed by atoms with Crippen molar-refractivity contribution in [1.82, 2.24) is 0 Å². The molecule has 0 saturated carbocycles. The van der Waals surface area contributed by atoms with Crippen LogP contribution >= 0.6 is 0 Å². The van der Waals surface area contributed by atoms with Crippen molar-refractivity contribution in [3.63, 3.8) is 0 Å². The molecule has 1 aliphatic rings. The first-order chi connectivity index (χ1) is 10.6. The smallest absolute Gasteiger partial charge is 0.198 e. The van der Waals surface area contributed by atoms with Crippen molar-refractivity contribution in [1.29, 1.82) is 0 Å². The van der Waals surface area contributed by atoms with Gasteiger partial charge in [-0.15, -0.1) is 0 Å². The van der Waals surface area contributed by atoms with Crippen molar-refractivity contribution in [2.24, 2.45) is 0 Å². The number of rotatable bonds is 3. The molecule has 0 spiro atoms. The summed E-state index contributed by atoms with van der Waals surface area (Å²) in [7, 11) is 0. The third-order valence-corrected chi connectivity index (χ3v) is 3.61. The lowest BCUT2D eigenvalue weighted by Crippen LogP contribution is -2.45. The predicted molar refractivity (Wildman–Crippen MR) is 77.9 cm³/mol. The molecule has 5 nitrogen and oxygen atoms in total. The van der Waals surface area contributed by atoms with Crippen LogP contribution in [0.4, 0.5) is 0 Å². The highest BCUT2D eigenvalue weighted by Crippen LogP contribution is 2.30. The standard InChI is InChI=1S/C17H14O5/c18-14-11-7-4-8-12(13(11)15(19)17(21)16(14)20)22-9-10-5-2-1-3-6-10/h1-8,16-17,20-21H,9H2/t16-,17+/m1/s1. The fourth-order valence-corrected chi connectivity index (χ4v) is 2.44. The molecule has 2 aromatic rings. The van der Waals surface area contributed by atoms with E-state index >= 15 is 0 Å². The van der Waals surface area contributed by atoms with Crippen LogP contribution in [-0.4, -0.2) is 34.0 Å². The molecule has 1 aliphatic carbocycles. The summed E-state index contributed by atoms with van der Waals surface area (Å²) in [6.07, 6.45) is -3.47. The Hall–Kier alpha value is -2.50. The maximum absolute atomic E-state index is 12.2. The first kappa shape index (κ1) is 14.4. The molecule has 2 aromatic carbocycles. The van der Waals surface area contributed by atoms with Crippen molar-refractivity contribution in [2.75, 3.05) is 0 Å². The second kappa shape index (κ2) is 5.71. The van der Waals surface area contributed by atoms with E-state index in [4.69, 9.17) is 4.74 Å². The monoisotopic (exact) mass is 298 g/mol. The minimum Gasteiger partial charge on any atom is -0.488 e. The second-order valence-electron chi connectivity index (χ2n) is 5.07. The van der Waals surface area contributed by atoms with Crippen LogP contribution in [0, 0.1) is 0 Å². The van der Waals surface area contributed by atoms with Crippen LogP contribution < -0.4 is 4.74 Å². The van der Waals surface area contributed by atoms with E-state index in [1.165, 1.54) is 6.07 Å². The highest BCUT2D eigenvalue weighted by atomic mass is 16.5. The lowest BCUT2D eigenvalue weighted by molar-refractivity contribution is 0.0181. The van der Waals surface area contributed by atoms with Crippen LogP contribution in [0.5, 0.6) is 5.75 Å². The number of aliphatic hydroxyl groups is 2. The summed E-state index contributed by atoms with van der Waals surface area (Å²) in [5.74, 6) is -1.15. The van der Waals surface area contributed by atoms with Gasteiger partial charge in [0.05, 0.1) is 5.56 Å². The Kier molecular flexibility index (Phi) is 3.75. The van der Waals surface area contributed by atoms with E-state index < -0.39 is 23.8 Å². The number of carbonyl (C=O) groups excluding carboxylic acids is 2. The van der Waals surface area contributed by atoms with Crippen LogP contribution in [0.25, 0.3) is 0 Å². The Balaban J connectivity index is 1.94. The summed E-state index contributed by atoms with van der Waals surface area (Å²) in [5, 5.41) is 19.3. The Morgan fingerprint density at radius 2 is 1.55 bits per heavy atom. The molecular formula is C17H14O5. The second-order valence-corrected chi connectivity index (χ2v) is 5.07. The fraction of sp³-hybridized carbons (Fsp3) is 0.176. The van der Waals surface area contributed by atoms with Gasteiger partial charge >= 0.3 is 0 Å². The minimum atomic E-state index is -1.75. The maximum atomic E-state index is 12.2. The predicted octanol–water partition coefficient (Wildman–Crippen LogP) is 1.37. The van der Waals surface area contributed by atoms with E-state index in [2.05, 4.69) is 0 Å². The number of hydrogen-bond acceptors (Lipinski definition) is 5. The van der Waals surface area contributed by atoms with Gasteiger partial charge in [0.2, 0.25) is 0 Å². The average molecular weight is 298 g/mol. The molecule has 0 saturated heterocycles. The molecule has 112 valence electrons. The quantitative estimate of drug-likeness (QED) is 0.894. The number of benzene rings is 2. The third kappa shape index (κ3) is 2.41. The summed E-state index contributed by atoms with van der Waals surface area (Å²) in [5.41, 5.74) is 1.02. The van der Waals surface area contributed by atoms with Crippen LogP contribution in [-0.2, 0) is 6.61 Å². The molecule has 0 aliphatic heterocycles. The first-order valence-corrected chi connectivity index (χ1v) is 6.84. The van der Waals surface area contributed by atoms with Crippen molar-refractivity contribution in [3.8, 4) is 5.75 Å². The molecule has 0 fully saturated rings. The number of fused-ring (bicyclic) bond motifs is 1. The number of ketones is 2. The van der Waals surface area contributed by atoms with E-state index in [0.717, 1.165) is 5.56 Å². The summed E-state index contributed by atoms with van der Waals surface area (Å²) in [4.78, 5) is 24.1. The van der Waals surface area contributed by atoms with E-state index in [0.29, 0.717) is 0 Å². The molecule has 0 unspecified atom stereocenters. The van der Waals surface area contributed by atoms with Crippen molar-refractivity contribution < 1.29 is 24.5 Å². The number of Topliss-reactive ketones (excluding diaryl/α,β-unsaturated/α-hetero) is 2. The largest absolute Gasteiger partial charge is 0.488 e. The molecule has 3 rings (SSSR count). The summed E-state index contributed by atoms with van der Waals surface area (Å²) < 4.78 is 5.63. The van der Waals surface area contributed by atoms with Gasteiger partial charge < -0.3 is 14.9 Å². The van der Waals surface area contributed by atoms with Crippen molar-refractivity contribution in [2.45, 2.75) is 18.8 Å². The zero-order valence-corrected chi connectivity index (χ0v) is 11.6. The molecule has 2 atom stereocenters. The average Bonchev–Trinajstić information content (AvgIpc) is 2.56. The van der Waals surface area contributed by atoms with E-state index in [1.807, 2.05) is 30.3 Å². The van der Waals surface area contributed by atoms with E-state index in [1.54, 1.807) is 12.1 Å². The Morgan fingerprint density at radius 1 is 0.864 bits per heavy atom. The van der Waals surface area contributed by atoms with E-state index in [9.17, 15) is 19.8 Å². The van der Waals surface area contributed by atoms with Gasteiger partial charge in [0.25, 0.3) is 0 Å². The highest BCUT2D eigenvalue weighted by Gasteiger charge is 2.41. The number of carbonyl (C=O) groups is 2. The van der Waals surface area contributed by atoms with Crippen LogP contribution in [0.3, 0.4) is 0 Å². The van der Waals surface area contributed by atoms with Crippen molar-refractivity contribution in [3.05, 3.63) is 65.2 Å². The lowest BCUT2D eigenvalue weighted by Gasteiger charge is -2.25. The highest BCUT2D eigenvalue weighted by molar-refractivity contribution is 6.19. The van der Waals surface area contributed by atoms with Gasteiger partial charge in [-0.3, -0.25) is 9.59 Å². The molecule has 22 heavy (non-hydrogen) atoms. The Morgan fingerprint density at radius 3 is 2.27 bits per heavy atom. The van der Waals surface area contributed by atoms with Gasteiger partial charge in [-0.25, -0.2) is 0 Å². The molecule has 0 heterocycles. The molecular weight excluding hydrogens is 284 g/mol. The zero-order chi connectivity index (χ0) is 15.7. The number of ether oxygens (including phenoxy) is 1. The maximum Gasteiger partial charge on any atom is 0.198 e. The number of hydrogen-bond donors (Lipinski definition) is 2. The van der Waals surface area contributed by atoms with Crippen LogP contribution in [0.2, 0.25) is 0 Å². The summed E-state index contributed by atoms with van der Waals surface area (Å²) >= 11 is 0. The Bertz CT molecular complexity index is 723. The lowest BCUT2D eigenvalue weighted by atomic mass is 9.85. The normalized spacial score (nSPS) is 20.6. The molecule has 5 heteroatoms. The fourth-order valence-electron chi connectivity index (χ4n) is 2.44. The van der Waals surface area contributed by atoms with Crippen molar-refractivity contribution >= 4 is 11.6 Å². The van der Waals surface area contributed by atoms with Crippen LogP contribution in [0.15, 0.2) is 48.5 Å². The molecule has 0 radical (unpaired) electrons. The number of aliphatic hydroxyl groups excluding tert-OH is 2. The van der Waals surface area contributed by atoms with Gasteiger partial charge in [0.1, 0.15) is 12.4 Å². The summed E-state index contributed by atoms with van der Waals surface area (Å²) in [6, 6.07) is 14.0. The Labute approximate surface area is 126 Å². The third-order valence-electron chi connectivity index (χ3n) is 3.61. The van der Waals surface area contributed by atoms with Gasteiger partial charge in [-0.05, 0) is 11.6 Å². The molecule has 0 aromatic heterocycles. The van der Waals surface area contributed by atoms with Gasteiger partial charge in [-0.2, -0.15) is 0 Å². The molecule has 0 amide bonds. The van der Waals surface area contributed by atoms with Gasteiger partial charge in [0.15, 0.2) is 23.8 Å². The van der Waals surface area contributed by atoms with Gasteiger partial charge in [0, 0.05) is 5.56 Å². The van der Waals surface area contributed by atoms with E-state index in [-0.39, 0.29) is 23.5 Å². The topological polar surface area (TPSA) is 83.8 Å². The first-order valence-electron chi connectivity index (χ1n) is 6.84. The molecule has 0 bridgehead atoms.